The summed E-state index contributed by atoms with van der Waals surface area (Å²) in [7, 11) is 0. The number of allylic oxidation sites excluding steroid dienone is 2. The maximum Gasteiger partial charge on any atom is 0.333 e. The fourth-order valence-electron chi connectivity index (χ4n) is 0.713. The predicted octanol–water partition coefficient (Wildman–Crippen LogP) is 1.27. The number of carboxylic acid groups (broad SMARTS) is 1. The summed E-state index contributed by atoms with van der Waals surface area (Å²) in [6, 6.07) is 0. The van der Waals surface area contributed by atoms with Crippen molar-refractivity contribution in [1.29, 1.82) is 0 Å². The third kappa shape index (κ3) is 2.89. The van der Waals surface area contributed by atoms with Crippen LogP contribution in [-0.4, -0.2) is 11.1 Å². The van der Waals surface area contributed by atoms with E-state index in [1.807, 2.05) is 6.92 Å². The first-order valence-electron chi connectivity index (χ1n) is 3.45. The largest absolute Gasteiger partial charge is 0.478 e. The van der Waals surface area contributed by atoms with E-state index in [2.05, 4.69) is 6.58 Å². The molecule has 0 aliphatic carbocycles. The number of carboxylic acids is 1. The van der Waals surface area contributed by atoms with Gasteiger partial charge in [-0.05, 0) is 12.8 Å². The van der Waals surface area contributed by atoms with E-state index in [9.17, 15) is 4.79 Å². The molecule has 0 aliphatic heterocycles. The average molecular weight is 155 g/mol. The van der Waals surface area contributed by atoms with Crippen LogP contribution in [0.15, 0.2) is 23.9 Å². The van der Waals surface area contributed by atoms with E-state index >= 15 is 0 Å². The van der Waals surface area contributed by atoms with Crippen molar-refractivity contribution < 1.29 is 9.90 Å². The van der Waals surface area contributed by atoms with Crippen LogP contribution in [0.5, 0.6) is 0 Å². The zero-order chi connectivity index (χ0) is 8.85. The molecule has 0 aromatic carbocycles. The highest BCUT2D eigenvalue weighted by Gasteiger charge is 2.08. The number of aliphatic carboxylic acids is 1. The molecule has 0 saturated carbocycles. The van der Waals surface area contributed by atoms with Crippen molar-refractivity contribution in [2.45, 2.75) is 19.8 Å². The average Bonchev–Trinajstić information content (AvgIpc) is 1.98. The Labute approximate surface area is 66.2 Å². The van der Waals surface area contributed by atoms with E-state index in [1.54, 1.807) is 0 Å². The monoisotopic (exact) mass is 155 g/mol. The lowest BCUT2D eigenvalue weighted by atomic mass is 10.1. The summed E-state index contributed by atoms with van der Waals surface area (Å²) >= 11 is 0. The highest BCUT2D eigenvalue weighted by atomic mass is 16.4. The molecule has 0 aromatic rings. The number of rotatable bonds is 4. The van der Waals surface area contributed by atoms with E-state index in [0.29, 0.717) is 18.5 Å². The van der Waals surface area contributed by atoms with Crippen molar-refractivity contribution in [3.63, 3.8) is 0 Å². The second-order valence-corrected chi connectivity index (χ2v) is 2.16. The summed E-state index contributed by atoms with van der Waals surface area (Å²) in [6.07, 6.45) is 2.43. The number of hydrogen-bond donors (Lipinski definition) is 2. The van der Waals surface area contributed by atoms with Crippen molar-refractivity contribution in [2.75, 3.05) is 0 Å². The van der Waals surface area contributed by atoms with Crippen LogP contribution in [0.1, 0.15) is 19.8 Å². The van der Waals surface area contributed by atoms with Gasteiger partial charge in [-0.15, -0.1) is 6.58 Å². The molecule has 3 heteroatoms. The summed E-state index contributed by atoms with van der Waals surface area (Å²) in [5, 5.41) is 8.62. The van der Waals surface area contributed by atoms with Crippen molar-refractivity contribution >= 4 is 5.97 Å². The fourth-order valence-corrected chi connectivity index (χ4v) is 0.713. The van der Waals surface area contributed by atoms with Gasteiger partial charge < -0.3 is 10.8 Å². The van der Waals surface area contributed by atoms with Crippen LogP contribution >= 0.6 is 0 Å². The SMILES string of the molecule is C=CC/C(C(=O)O)=C(\N)CC. The summed E-state index contributed by atoms with van der Waals surface area (Å²) in [6.45, 7) is 5.27. The van der Waals surface area contributed by atoms with Crippen molar-refractivity contribution in [2.24, 2.45) is 5.73 Å². The van der Waals surface area contributed by atoms with Crippen LogP contribution in [0, 0.1) is 0 Å². The maximum atomic E-state index is 10.5. The Bertz CT molecular complexity index is 194. The van der Waals surface area contributed by atoms with E-state index in [4.69, 9.17) is 10.8 Å². The van der Waals surface area contributed by atoms with E-state index in [0.717, 1.165) is 0 Å². The normalized spacial score (nSPS) is 12.1. The maximum absolute atomic E-state index is 10.5. The molecule has 3 nitrogen and oxygen atoms in total. The Kier molecular flexibility index (Phi) is 4.03. The molecule has 0 saturated heterocycles. The van der Waals surface area contributed by atoms with E-state index in [-0.39, 0.29) is 5.57 Å². The van der Waals surface area contributed by atoms with Gasteiger partial charge in [-0.1, -0.05) is 13.0 Å². The number of carbonyl (C=O) groups is 1. The summed E-state index contributed by atoms with van der Waals surface area (Å²) in [4.78, 5) is 10.5. The number of hydrogen-bond acceptors (Lipinski definition) is 2. The molecule has 0 spiro atoms. The fraction of sp³-hybridized carbons (Fsp3) is 0.375. The summed E-state index contributed by atoms with van der Waals surface area (Å²) in [5.41, 5.74) is 6.14. The minimum Gasteiger partial charge on any atom is -0.478 e. The Morgan fingerprint density at radius 3 is 2.55 bits per heavy atom. The van der Waals surface area contributed by atoms with Gasteiger partial charge >= 0.3 is 5.97 Å². The molecular formula is C8H13NO2. The van der Waals surface area contributed by atoms with Gasteiger partial charge in [0.05, 0.1) is 5.57 Å². The van der Waals surface area contributed by atoms with Crippen LogP contribution in [0.2, 0.25) is 0 Å². The van der Waals surface area contributed by atoms with Gasteiger partial charge in [-0.25, -0.2) is 4.79 Å². The lowest BCUT2D eigenvalue weighted by Crippen LogP contribution is -2.09. The van der Waals surface area contributed by atoms with Crippen LogP contribution in [0.4, 0.5) is 0 Å². The van der Waals surface area contributed by atoms with Crippen LogP contribution in [-0.2, 0) is 4.79 Å². The van der Waals surface area contributed by atoms with Crippen LogP contribution < -0.4 is 5.73 Å². The van der Waals surface area contributed by atoms with Crippen LogP contribution in [0.3, 0.4) is 0 Å². The van der Waals surface area contributed by atoms with Crippen molar-refractivity contribution in [3.05, 3.63) is 23.9 Å². The predicted molar refractivity (Wildman–Crippen MR) is 44.0 cm³/mol. The first-order chi connectivity index (χ1) is 5.13. The molecule has 0 aromatic heterocycles. The first-order valence-corrected chi connectivity index (χ1v) is 3.45. The van der Waals surface area contributed by atoms with Gasteiger partial charge in [0.2, 0.25) is 0 Å². The smallest absolute Gasteiger partial charge is 0.333 e. The molecule has 11 heavy (non-hydrogen) atoms. The lowest BCUT2D eigenvalue weighted by Gasteiger charge is -2.02. The van der Waals surface area contributed by atoms with Crippen molar-refractivity contribution in [1.82, 2.24) is 0 Å². The highest BCUT2D eigenvalue weighted by molar-refractivity contribution is 5.87. The topological polar surface area (TPSA) is 63.3 Å². The summed E-state index contributed by atoms with van der Waals surface area (Å²) < 4.78 is 0. The molecule has 0 rings (SSSR count). The number of nitrogens with two attached hydrogens (primary N) is 1. The Balaban J connectivity index is 4.56. The standard InChI is InChI=1S/C8H13NO2/c1-3-5-6(8(10)11)7(9)4-2/h3H,1,4-5,9H2,2H3,(H,10,11)/b7-6+. The van der Waals surface area contributed by atoms with Gasteiger partial charge in [0.1, 0.15) is 0 Å². The molecule has 0 radical (unpaired) electrons. The van der Waals surface area contributed by atoms with Gasteiger partial charge in [0.25, 0.3) is 0 Å². The Morgan fingerprint density at radius 2 is 2.27 bits per heavy atom. The molecule has 0 amide bonds. The molecule has 62 valence electrons. The van der Waals surface area contributed by atoms with Crippen molar-refractivity contribution in [3.8, 4) is 0 Å². The van der Waals surface area contributed by atoms with E-state index in [1.165, 1.54) is 6.08 Å². The Morgan fingerprint density at radius 1 is 1.73 bits per heavy atom. The zero-order valence-electron chi connectivity index (χ0n) is 6.63. The third-order valence-electron chi connectivity index (χ3n) is 1.38. The minimum atomic E-state index is -0.954. The lowest BCUT2D eigenvalue weighted by molar-refractivity contribution is -0.132. The quantitative estimate of drug-likeness (QED) is 0.474. The van der Waals surface area contributed by atoms with Crippen LogP contribution in [0.25, 0.3) is 0 Å². The van der Waals surface area contributed by atoms with Gasteiger partial charge in [0, 0.05) is 5.70 Å². The molecule has 0 heterocycles. The molecule has 0 atom stereocenters. The second kappa shape index (κ2) is 4.55. The molecule has 0 fully saturated rings. The zero-order valence-corrected chi connectivity index (χ0v) is 6.63. The molecular weight excluding hydrogens is 142 g/mol. The molecule has 0 unspecified atom stereocenters. The molecule has 3 N–H and O–H groups in total. The minimum absolute atomic E-state index is 0.252. The van der Waals surface area contributed by atoms with Gasteiger partial charge in [-0.2, -0.15) is 0 Å². The second-order valence-electron chi connectivity index (χ2n) is 2.16. The summed E-state index contributed by atoms with van der Waals surface area (Å²) in [5.74, 6) is -0.954. The third-order valence-corrected chi connectivity index (χ3v) is 1.38. The van der Waals surface area contributed by atoms with Gasteiger partial charge in [-0.3, -0.25) is 0 Å². The molecule has 0 aliphatic rings. The first kappa shape index (κ1) is 9.75. The molecule has 0 bridgehead atoms. The van der Waals surface area contributed by atoms with Gasteiger partial charge in [0.15, 0.2) is 0 Å². The Hall–Kier alpha value is -1.25. The van der Waals surface area contributed by atoms with E-state index < -0.39 is 5.97 Å². The highest BCUT2D eigenvalue weighted by Crippen LogP contribution is 2.07.